The fraction of sp³-hybridized carbons (Fsp3) is 0.300. The molecule has 5 N–H and O–H groups in total. The van der Waals surface area contributed by atoms with Gasteiger partial charge in [-0.1, -0.05) is 24.3 Å². The highest BCUT2D eigenvalue weighted by atomic mass is 35.5. The molecular weight excluding hydrogens is 281 g/mol. The third-order valence-corrected chi connectivity index (χ3v) is 2.93. The molecule has 0 aliphatic carbocycles. The topological polar surface area (TPSA) is 121 Å². The van der Waals surface area contributed by atoms with Gasteiger partial charge < -0.3 is 20.6 Å². The van der Waals surface area contributed by atoms with Gasteiger partial charge in [-0.2, -0.15) is 0 Å². The van der Waals surface area contributed by atoms with Crippen LogP contribution in [0.1, 0.15) is 11.1 Å². The number of carbonyl (C=O) groups is 1. The molecule has 0 heterocycles. The number of benzene rings is 1. The molecular formula is C10H15ClNO5P. The van der Waals surface area contributed by atoms with Crippen LogP contribution < -0.4 is 5.73 Å². The third-order valence-electron chi connectivity index (χ3n) is 2.15. The lowest BCUT2D eigenvalue weighted by molar-refractivity contribution is -0.138. The molecule has 0 aliphatic rings. The van der Waals surface area contributed by atoms with Gasteiger partial charge in [0.05, 0.1) is 6.16 Å². The van der Waals surface area contributed by atoms with E-state index in [1.165, 1.54) is 0 Å². The van der Waals surface area contributed by atoms with Crippen LogP contribution in [0.5, 0.6) is 0 Å². The highest BCUT2D eigenvalue weighted by molar-refractivity contribution is 7.50. The Hall–Kier alpha value is -0.910. The van der Waals surface area contributed by atoms with Gasteiger partial charge in [-0.25, -0.2) is 0 Å². The van der Waals surface area contributed by atoms with Crippen LogP contribution in [0.4, 0.5) is 0 Å². The maximum atomic E-state index is 10.8. The Morgan fingerprint density at radius 2 is 1.89 bits per heavy atom. The van der Waals surface area contributed by atoms with Gasteiger partial charge in [0.1, 0.15) is 6.04 Å². The summed E-state index contributed by atoms with van der Waals surface area (Å²) in [5, 5.41) is 8.65. The molecule has 0 aliphatic heterocycles. The van der Waals surface area contributed by atoms with Crippen molar-refractivity contribution in [1.29, 1.82) is 0 Å². The van der Waals surface area contributed by atoms with Crippen molar-refractivity contribution in [1.82, 2.24) is 0 Å². The number of carboxylic acid groups (broad SMARTS) is 1. The fourth-order valence-corrected chi connectivity index (χ4v) is 2.11. The molecule has 18 heavy (non-hydrogen) atoms. The Morgan fingerprint density at radius 1 is 1.33 bits per heavy atom. The summed E-state index contributed by atoms with van der Waals surface area (Å²) in [7, 11) is -4.11. The Balaban J connectivity index is 0.00000289. The first kappa shape index (κ1) is 17.1. The highest BCUT2D eigenvalue weighted by Crippen LogP contribution is 2.39. The van der Waals surface area contributed by atoms with Crippen LogP contribution in [0.15, 0.2) is 24.3 Å². The van der Waals surface area contributed by atoms with Crippen LogP contribution >= 0.6 is 20.0 Å². The quantitative estimate of drug-likeness (QED) is 0.595. The van der Waals surface area contributed by atoms with E-state index >= 15 is 0 Å². The summed E-state index contributed by atoms with van der Waals surface area (Å²) >= 11 is 0. The smallest absolute Gasteiger partial charge is 0.329 e. The highest BCUT2D eigenvalue weighted by Gasteiger charge is 2.15. The van der Waals surface area contributed by atoms with E-state index in [4.69, 9.17) is 20.6 Å². The predicted molar refractivity (Wildman–Crippen MR) is 68.8 cm³/mol. The van der Waals surface area contributed by atoms with Crippen molar-refractivity contribution >= 4 is 26.0 Å². The van der Waals surface area contributed by atoms with Crippen molar-refractivity contribution in [2.24, 2.45) is 5.73 Å². The SMILES string of the molecule is Cl.NC(Cc1cccc(CP(=O)(O)O)c1)C(=O)O. The standard InChI is InChI=1S/C10H14NO5P.ClH/c11-9(10(12)13)5-7-2-1-3-8(4-7)6-17(14,15)16;/h1-4,9H,5-6,11H2,(H,12,13)(H2,14,15,16);1H. The van der Waals surface area contributed by atoms with Gasteiger partial charge in [0.15, 0.2) is 0 Å². The monoisotopic (exact) mass is 295 g/mol. The minimum Gasteiger partial charge on any atom is -0.480 e. The van der Waals surface area contributed by atoms with E-state index in [-0.39, 0.29) is 25.0 Å². The molecule has 0 bridgehead atoms. The van der Waals surface area contributed by atoms with Gasteiger partial charge in [0.25, 0.3) is 0 Å². The van der Waals surface area contributed by atoms with E-state index in [0.29, 0.717) is 11.1 Å². The average molecular weight is 296 g/mol. The van der Waals surface area contributed by atoms with Crippen LogP contribution in [0.2, 0.25) is 0 Å². The van der Waals surface area contributed by atoms with E-state index in [0.717, 1.165) is 0 Å². The van der Waals surface area contributed by atoms with E-state index in [2.05, 4.69) is 0 Å². The molecule has 1 rings (SSSR count). The molecule has 0 amide bonds. The maximum absolute atomic E-state index is 10.8. The first-order valence-electron chi connectivity index (χ1n) is 4.89. The van der Waals surface area contributed by atoms with Gasteiger partial charge in [0.2, 0.25) is 0 Å². The van der Waals surface area contributed by atoms with E-state index in [1.807, 2.05) is 0 Å². The number of carboxylic acids is 1. The molecule has 1 atom stereocenters. The number of aliphatic carboxylic acids is 1. The average Bonchev–Trinajstić information content (AvgIpc) is 2.15. The van der Waals surface area contributed by atoms with Gasteiger partial charge in [0, 0.05) is 0 Å². The van der Waals surface area contributed by atoms with E-state index in [1.54, 1.807) is 24.3 Å². The zero-order chi connectivity index (χ0) is 13.1. The van der Waals surface area contributed by atoms with Crippen molar-refractivity contribution in [3.8, 4) is 0 Å². The molecule has 0 saturated heterocycles. The summed E-state index contributed by atoms with van der Waals surface area (Å²) in [6.45, 7) is 0. The van der Waals surface area contributed by atoms with Crippen LogP contribution in [-0.4, -0.2) is 26.9 Å². The molecule has 0 radical (unpaired) electrons. The van der Waals surface area contributed by atoms with Crippen LogP contribution in [0.25, 0.3) is 0 Å². The Bertz CT molecular complexity index is 461. The van der Waals surface area contributed by atoms with Gasteiger partial charge in [-0.05, 0) is 17.5 Å². The lowest BCUT2D eigenvalue weighted by Gasteiger charge is -2.09. The summed E-state index contributed by atoms with van der Waals surface area (Å²) in [6.07, 6.45) is -0.229. The number of hydrogen-bond donors (Lipinski definition) is 4. The van der Waals surface area contributed by atoms with Crippen LogP contribution in [0, 0.1) is 0 Å². The molecule has 0 saturated carbocycles. The molecule has 0 aromatic heterocycles. The largest absolute Gasteiger partial charge is 0.480 e. The lowest BCUT2D eigenvalue weighted by atomic mass is 10.0. The molecule has 1 aromatic carbocycles. The molecule has 0 spiro atoms. The number of halogens is 1. The van der Waals surface area contributed by atoms with Crippen LogP contribution in [0.3, 0.4) is 0 Å². The third kappa shape index (κ3) is 6.14. The van der Waals surface area contributed by atoms with Crippen molar-refractivity contribution in [3.05, 3.63) is 35.4 Å². The second-order valence-corrected chi connectivity index (χ2v) is 5.44. The summed E-state index contributed by atoms with van der Waals surface area (Å²) < 4.78 is 10.8. The second kappa shape index (κ2) is 6.87. The molecule has 1 aromatic rings. The maximum Gasteiger partial charge on any atom is 0.329 e. The first-order valence-corrected chi connectivity index (χ1v) is 6.68. The predicted octanol–water partition coefficient (Wildman–Crippen LogP) is 0.740. The molecule has 6 nitrogen and oxygen atoms in total. The Labute approximate surface area is 110 Å². The van der Waals surface area contributed by atoms with Gasteiger partial charge in [-0.3, -0.25) is 9.36 Å². The van der Waals surface area contributed by atoms with Gasteiger partial charge >= 0.3 is 13.6 Å². The summed E-state index contributed by atoms with van der Waals surface area (Å²) in [5.41, 5.74) is 6.48. The summed E-state index contributed by atoms with van der Waals surface area (Å²) in [6, 6.07) is 5.41. The van der Waals surface area contributed by atoms with Crippen molar-refractivity contribution in [2.75, 3.05) is 0 Å². The summed E-state index contributed by atoms with van der Waals surface area (Å²) in [5.74, 6) is -1.11. The van der Waals surface area contributed by atoms with Crippen molar-refractivity contribution < 1.29 is 24.3 Å². The lowest BCUT2D eigenvalue weighted by Crippen LogP contribution is -2.32. The number of rotatable bonds is 5. The summed E-state index contributed by atoms with van der Waals surface area (Å²) in [4.78, 5) is 28.2. The zero-order valence-electron chi connectivity index (χ0n) is 9.39. The second-order valence-electron chi connectivity index (χ2n) is 3.79. The molecule has 102 valence electrons. The molecule has 1 unspecified atom stereocenters. The first-order chi connectivity index (χ1) is 7.78. The van der Waals surface area contributed by atoms with Gasteiger partial charge in [-0.15, -0.1) is 12.4 Å². The van der Waals surface area contributed by atoms with Crippen LogP contribution in [-0.2, 0) is 21.9 Å². The van der Waals surface area contributed by atoms with E-state index in [9.17, 15) is 9.36 Å². The molecule has 8 heteroatoms. The number of hydrogen-bond acceptors (Lipinski definition) is 3. The van der Waals surface area contributed by atoms with E-state index < -0.39 is 19.6 Å². The minimum atomic E-state index is -4.11. The Morgan fingerprint density at radius 3 is 2.39 bits per heavy atom. The Kier molecular flexibility index (Phi) is 6.52. The minimum absolute atomic E-state index is 0. The van der Waals surface area contributed by atoms with Crippen molar-refractivity contribution in [2.45, 2.75) is 18.6 Å². The zero-order valence-corrected chi connectivity index (χ0v) is 11.1. The fourth-order valence-electron chi connectivity index (χ4n) is 1.43. The number of nitrogens with two attached hydrogens (primary N) is 1. The normalized spacial score (nSPS) is 12.6. The molecule has 0 fully saturated rings. The van der Waals surface area contributed by atoms with Crippen molar-refractivity contribution in [3.63, 3.8) is 0 Å².